The van der Waals surface area contributed by atoms with Gasteiger partial charge in [-0.2, -0.15) is 0 Å². The molecule has 2 heteroatoms. The molecule has 1 aromatic heterocycles. The number of hydrogen-bond donors (Lipinski definition) is 0. The summed E-state index contributed by atoms with van der Waals surface area (Å²) in [4.78, 5) is 4.22. The van der Waals surface area contributed by atoms with E-state index in [1.807, 2.05) is 19.1 Å². The number of pyridine rings is 1. The minimum Gasteiger partial charge on any atom is -0.304 e. The third-order valence-corrected chi connectivity index (χ3v) is 1.96. The number of hydrogen-bond acceptors (Lipinski definition) is 1. The molecule has 1 heterocycles. The zero-order valence-electron chi connectivity index (χ0n) is 7.79. The molecule has 0 fully saturated rings. The first kappa shape index (κ1) is 8.88. The SMILES string of the molecule is Cc1ccc(-c2[c-]cc(F)cc2)nc1. The van der Waals surface area contributed by atoms with Gasteiger partial charge in [-0.15, -0.1) is 29.8 Å². The summed E-state index contributed by atoms with van der Waals surface area (Å²) >= 11 is 0. The zero-order chi connectivity index (χ0) is 9.97. The molecule has 0 saturated heterocycles. The van der Waals surface area contributed by atoms with Crippen LogP contribution in [-0.2, 0) is 0 Å². The lowest BCUT2D eigenvalue weighted by Crippen LogP contribution is -1.84. The van der Waals surface area contributed by atoms with Crippen molar-refractivity contribution in [1.82, 2.24) is 4.98 Å². The summed E-state index contributed by atoms with van der Waals surface area (Å²) in [7, 11) is 0. The summed E-state index contributed by atoms with van der Waals surface area (Å²) < 4.78 is 12.6. The van der Waals surface area contributed by atoms with Crippen molar-refractivity contribution >= 4 is 0 Å². The molecule has 0 aliphatic heterocycles. The van der Waals surface area contributed by atoms with Gasteiger partial charge < -0.3 is 4.98 Å². The predicted octanol–water partition coefficient (Wildman–Crippen LogP) is 3.00. The minimum atomic E-state index is -0.277. The van der Waals surface area contributed by atoms with Crippen LogP contribution in [0.2, 0.25) is 0 Å². The summed E-state index contributed by atoms with van der Waals surface area (Å²) in [5, 5.41) is 0. The van der Waals surface area contributed by atoms with Gasteiger partial charge >= 0.3 is 0 Å². The Labute approximate surface area is 82.2 Å². The number of benzene rings is 1. The fraction of sp³-hybridized carbons (Fsp3) is 0.0833. The van der Waals surface area contributed by atoms with Crippen LogP contribution in [0, 0.1) is 18.8 Å². The highest BCUT2D eigenvalue weighted by atomic mass is 19.1. The number of nitrogens with zero attached hydrogens (tertiary/aromatic N) is 1. The Kier molecular flexibility index (Phi) is 2.27. The molecular formula is C12H9FN-. The Morgan fingerprint density at radius 3 is 2.64 bits per heavy atom. The average molecular weight is 186 g/mol. The maximum Gasteiger partial charge on any atom is 0.0379 e. The normalized spacial score (nSPS) is 10.1. The summed E-state index contributed by atoms with van der Waals surface area (Å²) in [6.07, 6.45) is 1.78. The third-order valence-electron chi connectivity index (χ3n) is 1.96. The Morgan fingerprint density at radius 1 is 1.21 bits per heavy atom. The van der Waals surface area contributed by atoms with Gasteiger partial charge in [0.15, 0.2) is 0 Å². The Balaban J connectivity index is 2.40. The standard InChI is InChI=1S/C12H9FN/c1-9-2-7-12(14-8-9)10-3-5-11(13)6-4-10/h2-3,5-8H,1H3/q-1. The lowest BCUT2D eigenvalue weighted by Gasteiger charge is -2.07. The van der Waals surface area contributed by atoms with Gasteiger partial charge in [0, 0.05) is 12.0 Å². The van der Waals surface area contributed by atoms with Gasteiger partial charge in [0.25, 0.3) is 0 Å². The largest absolute Gasteiger partial charge is 0.304 e. The second-order valence-electron chi connectivity index (χ2n) is 3.14. The molecule has 0 bridgehead atoms. The first-order valence-corrected chi connectivity index (χ1v) is 4.36. The molecule has 0 saturated carbocycles. The molecule has 2 aromatic rings. The molecule has 0 aliphatic carbocycles. The Bertz CT molecular complexity index is 374. The van der Waals surface area contributed by atoms with Crippen LogP contribution < -0.4 is 0 Å². The van der Waals surface area contributed by atoms with E-state index in [0.29, 0.717) is 0 Å². The molecule has 0 aliphatic rings. The van der Waals surface area contributed by atoms with Gasteiger partial charge in [-0.25, -0.2) is 0 Å². The fourth-order valence-corrected chi connectivity index (χ4v) is 1.19. The predicted molar refractivity (Wildman–Crippen MR) is 53.2 cm³/mol. The number of rotatable bonds is 1. The molecule has 70 valence electrons. The van der Waals surface area contributed by atoms with E-state index in [-0.39, 0.29) is 5.82 Å². The van der Waals surface area contributed by atoms with Crippen molar-refractivity contribution in [2.45, 2.75) is 6.92 Å². The van der Waals surface area contributed by atoms with Crippen LogP contribution in [0.25, 0.3) is 11.3 Å². The molecule has 14 heavy (non-hydrogen) atoms. The van der Waals surface area contributed by atoms with E-state index in [9.17, 15) is 4.39 Å². The van der Waals surface area contributed by atoms with Gasteiger partial charge in [0.05, 0.1) is 0 Å². The number of aryl methyl sites for hydroxylation is 1. The first-order valence-electron chi connectivity index (χ1n) is 4.36. The molecule has 2 rings (SSSR count). The summed E-state index contributed by atoms with van der Waals surface area (Å²) in [6, 6.07) is 11.1. The molecule has 1 aromatic carbocycles. The maximum atomic E-state index is 12.6. The first-order chi connectivity index (χ1) is 6.75. The van der Waals surface area contributed by atoms with Gasteiger partial charge in [-0.1, -0.05) is 12.1 Å². The highest BCUT2D eigenvalue weighted by molar-refractivity contribution is 5.57. The van der Waals surface area contributed by atoms with Crippen molar-refractivity contribution in [3.05, 3.63) is 54.0 Å². The van der Waals surface area contributed by atoms with Crippen LogP contribution in [0.3, 0.4) is 0 Å². The lowest BCUT2D eigenvalue weighted by molar-refractivity contribution is 0.627. The molecule has 0 spiro atoms. The molecule has 0 radical (unpaired) electrons. The van der Waals surface area contributed by atoms with Crippen molar-refractivity contribution in [2.24, 2.45) is 0 Å². The van der Waals surface area contributed by atoms with Crippen LogP contribution in [0.5, 0.6) is 0 Å². The van der Waals surface area contributed by atoms with E-state index >= 15 is 0 Å². The smallest absolute Gasteiger partial charge is 0.0379 e. The van der Waals surface area contributed by atoms with E-state index in [1.54, 1.807) is 12.3 Å². The van der Waals surface area contributed by atoms with Crippen LogP contribution in [-0.4, -0.2) is 4.98 Å². The van der Waals surface area contributed by atoms with Gasteiger partial charge in [0.1, 0.15) is 0 Å². The molecule has 1 nitrogen and oxygen atoms in total. The van der Waals surface area contributed by atoms with Crippen LogP contribution >= 0.6 is 0 Å². The van der Waals surface area contributed by atoms with Gasteiger partial charge in [0.2, 0.25) is 0 Å². The van der Waals surface area contributed by atoms with Crippen LogP contribution in [0.15, 0.2) is 36.5 Å². The third kappa shape index (κ3) is 1.79. The fourth-order valence-electron chi connectivity index (χ4n) is 1.19. The second-order valence-corrected chi connectivity index (χ2v) is 3.14. The quantitative estimate of drug-likeness (QED) is 0.624. The highest BCUT2D eigenvalue weighted by Gasteiger charge is 1.90. The van der Waals surface area contributed by atoms with E-state index < -0.39 is 0 Å². The van der Waals surface area contributed by atoms with E-state index in [2.05, 4.69) is 11.1 Å². The number of aromatic nitrogens is 1. The van der Waals surface area contributed by atoms with Crippen LogP contribution in [0.4, 0.5) is 4.39 Å². The van der Waals surface area contributed by atoms with E-state index in [4.69, 9.17) is 0 Å². The zero-order valence-corrected chi connectivity index (χ0v) is 7.79. The topological polar surface area (TPSA) is 12.9 Å². The molecule has 0 amide bonds. The van der Waals surface area contributed by atoms with E-state index in [0.717, 1.165) is 16.8 Å². The Hall–Kier alpha value is -1.70. The molecule has 0 atom stereocenters. The van der Waals surface area contributed by atoms with Gasteiger partial charge in [-0.05, 0) is 18.2 Å². The van der Waals surface area contributed by atoms with Crippen molar-refractivity contribution in [1.29, 1.82) is 0 Å². The van der Waals surface area contributed by atoms with E-state index in [1.165, 1.54) is 12.1 Å². The van der Waals surface area contributed by atoms with Crippen molar-refractivity contribution in [3.63, 3.8) is 0 Å². The Morgan fingerprint density at radius 2 is 2.07 bits per heavy atom. The molecular weight excluding hydrogens is 177 g/mol. The lowest BCUT2D eigenvalue weighted by atomic mass is 10.1. The van der Waals surface area contributed by atoms with Crippen molar-refractivity contribution in [3.8, 4) is 11.3 Å². The van der Waals surface area contributed by atoms with Crippen LogP contribution in [0.1, 0.15) is 5.56 Å². The summed E-state index contributed by atoms with van der Waals surface area (Å²) in [5.74, 6) is -0.277. The maximum absolute atomic E-state index is 12.6. The monoisotopic (exact) mass is 186 g/mol. The van der Waals surface area contributed by atoms with Crippen molar-refractivity contribution in [2.75, 3.05) is 0 Å². The highest BCUT2D eigenvalue weighted by Crippen LogP contribution is 2.16. The molecule has 0 N–H and O–H groups in total. The number of halogens is 1. The second kappa shape index (κ2) is 3.58. The van der Waals surface area contributed by atoms with Crippen molar-refractivity contribution < 1.29 is 4.39 Å². The summed E-state index contributed by atoms with van der Waals surface area (Å²) in [6.45, 7) is 1.98. The van der Waals surface area contributed by atoms with Gasteiger partial charge in [-0.3, -0.25) is 4.39 Å². The average Bonchev–Trinajstić information content (AvgIpc) is 2.21. The molecule has 0 unspecified atom stereocenters. The summed E-state index contributed by atoms with van der Waals surface area (Å²) in [5.41, 5.74) is 2.73. The minimum absolute atomic E-state index is 0.277.